The molecule has 0 amide bonds. The summed E-state index contributed by atoms with van der Waals surface area (Å²) < 4.78 is 15.6. The van der Waals surface area contributed by atoms with Gasteiger partial charge in [-0.15, -0.1) is 0 Å². The number of nitrogens with one attached hydrogen (secondary N) is 2. The van der Waals surface area contributed by atoms with Crippen LogP contribution in [0.1, 0.15) is 5.56 Å². The molecule has 0 saturated carbocycles. The molecule has 0 bridgehead atoms. The molecule has 2 aromatic carbocycles. The lowest BCUT2D eigenvalue weighted by atomic mass is 10.2. The van der Waals surface area contributed by atoms with Crippen molar-refractivity contribution in [3.63, 3.8) is 0 Å². The monoisotopic (exact) mass is 506 g/mol. The summed E-state index contributed by atoms with van der Waals surface area (Å²) in [6.45, 7) is 0.462. The van der Waals surface area contributed by atoms with Crippen molar-refractivity contribution >= 4 is 79.6 Å². The molecule has 1 aromatic heterocycles. The second kappa shape index (κ2) is 8.75. The average molecular weight is 509 g/mol. The van der Waals surface area contributed by atoms with Crippen LogP contribution in [-0.4, -0.2) is 14.9 Å². The second-order valence-electron chi connectivity index (χ2n) is 5.47. The number of halogens is 5. The van der Waals surface area contributed by atoms with Crippen LogP contribution in [0.2, 0.25) is 15.1 Å². The molecule has 140 valence electrons. The van der Waals surface area contributed by atoms with Crippen LogP contribution in [0.4, 0.5) is 15.9 Å². The summed E-state index contributed by atoms with van der Waals surface area (Å²) in [5.41, 5.74) is 1.44. The van der Waals surface area contributed by atoms with Crippen LogP contribution in [0.15, 0.2) is 47.1 Å². The van der Waals surface area contributed by atoms with Gasteiger partial charge in [-0.2, -0.15) is 5.10 Å². The van der Waals surface area contributed by atoms with Gasteiger partial charge in [-0.25, -0.2) is 4.39 Å². The maximum Gasteiger partial charge on any atom is 0.176 e. The highest BCUT2D eigenvalue weighted by Gasteiger charge is 2.11. The molecule has 2 N–H and O–H groups in total. The zero-order chi connectivity index (χ0) is 19.6. The van der Waals surface area contributed by atoms with E-state index in [4.69, 9.17) is 47.0 Å². The van der Waals surface area contributed by atoms with Crippen LogP contribution in [0, 0.1) is 5.82 Å². The van der Waals surface area contributed by atoms with E-state index in [9.17, 15) is 4.39 Å². The maximum atomic E-state index is 13.2. The largest absolute Gasteiger partial charge is 0.332 e. The van der Waals surface area contributed by atoms with Crippen LogP contribution in [0.5, 0.6) is 0 Å². The van der Waals surface area contributed by atoms with Gasteiger partial charge < -0.3 is 10.6 Å². The molecule has 4 nitrogen and oxygen atoms in total. The minimum atomic E-state index is -0.497. The molecule has 0 fully saturated rings. The number of benzene rings is 2. The third-order valence-corrected chi connectivity index (χ3v) is 5.13. The van der Waals surface area contributed by atoms with Crippen molar-refractivity contribution in [2.24, 2.45) is 0 Å². The molecule has 0 atom stereocenters. The Bertz CT molecular complexity index is 1010. The summed E-state index contributed by atoms with van der Waals surface area (Å²) in [4.78, 5) is 0. The fraction of sp³-hybridized carbons (Fsp3) is 0.0588. The van der Waals surface area contributed by atoms with Crippen LogP contribution < -0.4 is 10.6 Å². The molecule has 27 heavy (non-hydrogen) atoms. The van der Waals surface area contributed by atoms with Crippen molar-refractivity contribution in [1.82, 2.24) is 9.78 Å². The van der Waals surface area contributed by atoms with Gasteiger partial charge >= 0.3 is 0 Å². The number of rotatable bonds is 4. The van der Waals surface area contributed by atoms with Gasteiger partial charge in [0.05, 0.1) is 16.0 Å². The zero-order valence-corrected chi connectivity index (χ0v) is 18.1. The summed E-state index contributed by atoms with van der Waals surface area (Å²) >= 11 is 26.6. The summed E-state index contributed by atoms with van der Waals surface area (Å²) in [5, 5.41) is 11.8. The third kappa shape index (κ3) is 5.33. The number of aromatic nitrogens is 2. The average Bonchev–Trinajstić information content (AvgIpc) is 2.93. The van der Waals surface area contributed by atoms with Gasteiger partial charge in [-0.05, 0) is 64.0 Å². The molecule has 10 heteroatoms. The lowest BCUT2D eigenvalue weighted by Gasteiger charge is -2.09. The molecule has 0 radical (unpaired) electrons. The highest BCUT2D eigenvalue weighted by Crippen LogP contribution is 2.25. The van der Waals surface area contributed by atoms with E-state index in [-0.39, 0.29) is 10.1 Å². The van der Waals surface area contributed by atoms with E-state index >= 15 is 0 Å². The van der Waals surface area contributed by atoms with E-state index < -0.39 is 5.82 Å². The molecule has 0 saturated heterocycles. The normalized spacial score (nSPS) is 10.7. The smallest absolute Gasteiger partial charge is 0.176 e. The summed E-state index contributed by atoms with van der Waals surface area (Å²) in [6, 6.07) is 9.54. The first-order valence-corrected chi connectivity index (χ1v) is 9.85. The highest BCUT2D eigenvalue weighted by molar-refractivity contribution is 9.10. The molecule has 1 heterocycles. The van der Waals surface area contributed by atoms with E-state index in [0.29, 0.717) is 32.6 Å². The predicted octanol–water partition coefficient (Wildman–Crippen LogP) is 6.60. The van der Waals surface area contributed by atoms with Gasteiger partial charge in [0.2, 0.25) is 0 Å². The van der Waals surface area contributed by atoms with E-state index in [1.807, 2.05) is 6.07 Å². The standard InChI is InChI=1S/C17H11BrCl3FN4S/c18-12-8-26(7-9-1-2-10(19)5-13(9)20)25-16(12)24-17(27)23-11-3-4-15(22)14(21)6-11/h1-6,8H,7H2,(H2,23,24,25,27). The van der Waals surface area contributed by atoms with Gasteiger partial charge in [0.1, 0.15) is 5.82 Å². The van der Waals surface area contributed by atoms with Gasteiger partial charge in [0, 0.05) is 21.9 Å². The fourth-order valence-corrected chi connectivity index (χ4v) is 3.51. The highest BCUT2D eigenvalue weighted by atomic mass is 79.9. The van der Waals surface area contributed by atoms with Gasteiger partial charge in [-0.1, -0.05) is 40.9 Å². The number of nitrogens with zero attached hydrogens (tertiary/aromatic N) is 2. The Morgan fingerprint density at radius 2 is 1.89 bits per heavy atom. The van der Waals surface area contributed by atoms with Crippen molar-refractivity contribution in [3.8, 4) is 0 Å². The van der Waals surface area contributed by atoms with Crippen molar-refractivity contribution in [2.45, 2.75) is 6.54 Å². The summed E-state index contributed by atoms with van der Waals surface area (Å²) in [7, 11) is 0. The first-order valence-electron chi connectivity index (χ1n) is 7.52. The van der Waals surface area contributed by atoms with Crippen molar-refractivity contribution in [3.05, 3.63) is 73.5 Å². The van der Waals surface area contributed by atoms with E-state index in [2.05, 4.69) is 31.7 Å². The molecule has 0 spiro atoms. The maximum absolute atomic E-state index is 13.2. The first kappa shape index (κ1) is 20.4. The minimum absolute atomic E-state index is 0.00750. The van der Waals surface area contributed by atoms with Crippen LogP contribution in [0.3, 0.4) is 0 Å². The van der Waals surface area contributed by atoms with Crippen molar-refractivity contribution in [1.29, 1.82) is 0 Å². The predicted molar refractivity (Wildman–Crippen MR) is 117 cm³/mol. The van der Waals surface area contributed by atoms with Crippen LogP contribution in [-0.2, 0) is 6.54 Å². The van der Waals surface area contributed by atoms with Crippen LogP contribution in [0.25, 0.3) is 0 Å². The molecule has 0 aliphatic heterocycles. The molecule has 3 aromatic rings. The Kier molecular flexibility index (Phi) is 6.60. The lowest BCUT2D eigenvalue weighted by molar-refractivity contribution is 0.628. The van der Waals surface area contributed by atoms with Gasteiger partial charge in [0.15, 0.2) is 10.9 Å². The number of hydrogen-bond donors (Lipinski definition) is 2. The second-order valence-corrected chi connectivity index (χ2v) is 7.98. The van der Waals surface area contributed by atoms with Crippen LogP contribution >= 0.6 is 63.0 Å². The molecule has 3 rings (SSSR count). The molecular formula is C17H11BrCl3FN4S. The van der Waals surface area contributed by atoms with Gasteiger partial charge in [0.25, 0.3) is 0 Å². The van der Waals surface area contributed by atoms with E-state index in [1.165, 1.54) is 18.2 Å². The Hall–Kier alpha value is -1.38. The molecule has 0 aliphatic rings. The quantitative estimate of drug-likeness (QED) is 0.390. The van der Waals surface area contributed by atoms with Gasteiger partial charge in [-0.3, -0.25) is 4.68 Å². The molecule has 0 unspecified atom stereocenters. The third-order valence-electron chi connectivity index (χ3n) is 3.47. The lowest BCUT2D eigenvalue weighted by Crippen LogP contribution is -2.19. The minimum Gasteiger partial charge on any atom is -0.332 e. The van der Waals surface area contributed by atoms with Crippen molar-refractivity contribution < 1.29 is 4.39 Å². The zero-order valence-electron chi connectivity index (χ0n) is 13.4. The van der Waals surface area contributed by atoms with E-state index in [0.717, 1.165) is 5.56 Å². The Morgan fingerprint density at radius 3 is 2.59 bits per heavy atom. The van der Waals surface area contributed by atoms with Crippen molar-refractivity contribution in [2.75, 3.05) is 10.6 Å². The molecule has 0 aliphatic carbocycles. The first-order chi connectivity index (χ1) is 12.8. The summed E-state index contributed by atoms with van der Waals surface area (Å²) in [6.07, 6.45) is 1.80. The number of thiocarbonyl (C=S) groups is 1. The molecular weight excluding hydrogens is 498 g/mol. The van der Waals surface area contributed by atoms with E-state index in [1.54, 1.807) is 23.0 Å². The topological polar surface area (TPSA) is 41.9 Å². The SMILES string of the molecule is Fc1ccc(NC(=S)Nc2nn(Cc3ccc(Cl)cc3Cl)cc2Br)cc1Cl. The Labute approximate surface area is 183 Å². The Morgan fingerprint density at radius 1 is 1.11 bits per heavy atom. The number of hydrogen-bond acceptors (Lipinski definition) is 2. The fourth-order valence-electron chi connectivity index (χ4n) is 2.23. The summed E-state index contributed by atoms with van der Waals surface area (Å²) in [5.74, 6) is 0.0224. The Balaban J connectivity index is 1.68. The number of anilines is 2.